The molecular formula is C21H32N2O3S. The number of benzene rings is 1. The van der Waals surface area contributed by atoms with Crippen LogP contribution < -0.4 is 0 Å². The topological polar surface area (TPSA) is 57.7 Å². The lowest BCUT2D eigenvalue weighted by atomic mass is 10.0. The van der Waals surface area contributed by atoms with Gasteiger partial charge in [-0.15, -0.1) is 0 Å². The average molecular weight is 393 g/mol. The van der Waals surface area contributed by atoms with E-state index in [1.54, 1.807) is 15.3 Å². The standard InChI is InChI=1S/C21H32N2O3S/c1-14-8-10-23(11-9-14)27(25,26)20-13-19(12-15(2)16(20)3)21(24)22(5)17(4)18-6-7-18/h12-14,17-18H,6-11H2,1-5H3. The Morgan fingerprint density at radius 2 is 1.74 bits per heavy atom. The number of rotatable bonds is 5. The minimum Gasteiger partial charge on any atom is -0.339 e. The Labute approximate surface area is 163 Å². The molecule has 0 N–H and O–H groups in total. The van der Waals surface area contributed by atoms with Gasteiger partial charge in [0, 0.05) is 31.7 Å². The smallest absolute Gasteiger partial charge is 0.253 e. The van der Waals surface area contributed by atoms with Gasteiger partial charge in [0.05, 0.1) is 4.90 Å². The number of carbonyl (C=O) groups excluding carboxylic acids is 1. The van der Waals surface area contributed by atoms with Gasteiger partial charge in [-0.25, -0.2) is 8.42 Å². The highest BCUT2D eigenvalue weighted by Gasteiger charge is 2.34. The molecule has 1 aromatic carbocycles. The third-order valence-electron chi connectivity index (χ3n) is 6.46. The first-order chi connectivity index (χ1) is 12.6. The van der Waals surface area contributed by atoms with Gasteiger partial charge in [0.2, 0.25) is 10.0 Å². The molecule has 1 aliphatic heterocycles. The van der Waals surface area contributed by atoms with Gasteiger partial charge in [0.1, 0.15) is 0 Å². The number of amides is 1. The molecule has 1 aliphatic carbocycles. The van der Waals surface area contributed by atoms with Gasteiger partial charge in [0.15, 0.2) is 0 Å². The third-order valence-corrected chi connectivity index (χ3v) is 8.49. The zero-order chi connectivity index (χ0) is 19.9. The number of piperidine rings is 1. The van der Waals surface area contributed by atoms with Gasteiger partial charge in [-0.3, -0.25) is 4.79 Å². The molecule has 1 unspecified atom stereocenters. The molecule has 2 fully saturated rings. The van der Waals surface area contributed by atoms with E-state index in [0.717, 1.165) is 24.0 Å². The van der Waals surface area contributed by atoms with Crippen LogP contribution in [-0.2, 0) is 10.0 Å². The van der Waals surface area contributed by atoms with Gasteiger partial charge in [-0.1, -0.05) is 6.92 Å². The van der Waals surface area contributed by atoms with Crippen LogP contribution in [0, 0.1) is 25.7 Å². The highest BCUT2D eigenvalue weighted by molar-refractivity contribution is 7.89. The number of hydrogen-bond acceptors (Lipinski definition) is 3. The van der Waals surface area contributed by atoms with Crippen molar-refractivity contribution in [1.29, 1.82) is 0 Å². The summed E-state index contributed by atoms with van der Waals surface area (Å²) < 4.78 is 28.1. The Bertz CT molecular complexity index is 822. The normalized spacial score (nSPS) is 20.5. The minimum absolute atomic E-state index is 0.0961. The van der Waals surface area contributed by atoms with Crippen LogP contribution in [0.3, 0.4) is 0 Å². The lowest BCUT2D eigenvalue weighted by Crippen LogP contribution is -2.39. The summed E-state index contributed by atoms with van der Waals surface area (Å²) in [5.74, 6) is 1.04. The Hall–Kier alpha value is -1.40. The second-order valence-corrected chi connectivity index (χ2v) is 10.4. The van der Waals surface area contributed by atoms with Crippen molar-refractivity contribution < 1.29 is 13.2 Å². The fourth-order valence-electron chi connectivity index (χ4n) is 3.87. The number of sulfonamides is 1. The van der Waals surface area contributed by atoms with Crippen LogP contribution in [0.15, 0.2) is 17.0 Å². The largest absolute Gasteiger partial charge is 0.339 e. The molecule has 6 heteroatoms. The fraction of sp³-hybridized carbons (Fsp3) is 0.667. The van der Waals surface area contributed by atoms with Crippen LogP contribution in [0.2, 0.25) is 0 Å². The molecule has 1 saturated carbocycles. The maximum Gasteiger partial charge on any atom is 0.253 e. The number of aryl methyl sites for hydroxylation is 1. The first-order valence-corrected chi connectivity index (χ1v) is 11.5. The van der Waals surface area contributed by atoms with E-state index in [2.05, 4.69) is 13.8 Å². The van der Waals surface area contributed by atoms with Gasteiger partial charge in [-0.05, 0) is 81.5 Å². The van der Waals surface area contributed by atoms with Gasteiger partial charge in [0.25, 0.3) is 5.91 Å². The predicted octanol–water partition coefficient (Wildman–Crippen LogP) is 3.59. The average Bonchev–Trinajstić information content (AvgIpc) is 3.47. The zero-order valence-electron chi connectivity index (χ0n) is 17.2. The molecule has 1 amide bonds. The molecule has 1 saturated heterocycles. The summed E-state index contributed by atoms with van der Waals surface area (Å²) in [5, 5.41) is 0. The van der Waals surface area contributed by atoms with Gasteiger partial charge < -0.3 is 4.90 Å². The van der Waals surface area contributed by atoms with Crippen LogP contribution in [0.5, 0.6) is 0 Å². The van der Waals surface area contributed by atoms with E-state index >= 15 is 0 Å². The van der Waals surface area contributed by atoms with E-state index in [4.69, 9.17) is 0 Å². The molecule has 0 spiro atoms. The summed E-state index contributed by atoms with van der Waals surface area (Å²) in [6.45, 7) is 9.06. The van der Waals surface area contributed by atoms with Crippen molar-refractivity contribution in [1.82, 2.24) is 9.21 Å². The van der Waals surface area contributed by atoms with Gasteiger partial charge >= 0.3 is 0 Å². The van der Waals surface area contributed by atoms with Crippen molar-refractivity contribution >= 4 is 15.9 Å². The first-order valence-electron chi connectivity index (χ1n) is 10.0. The molecule has 0 bridgehead atoms. The number of hydrogen-bond donors (Lipinski definition) is 0. The van der Waals surface area contributed by atoms with Crippen LogP contribution in [0.1, 0.15) is 61.0 Å². The number of nitrogens with zero attached hydrogens (tertiary/aromatic N) is 2. The maximum absolute atomic E-state index is 13.3. The molecule has 1 atom stereocenters. The molecule has 1 aromatic rings. The Morgan fingerprint density at radius 3 is 2.30 bits per heavy atom. The lowest BCUT2D eigenvalue weighted by Gasteiger charge is -2.30. The van der Waals surface area contributed by atoms with Crippen molar-refractivity contribution in [3.63, 3.8) is 0 Å². The van der Waals surface area contributed by atoms with Crippen molar-refractivity contribution in [2.24, 2.45) is 11.8 Å². The third kappa shape index (κ3) is 4.06. The van der Waals surface area contributed by atoms with Crippen molar-refractivity contribution in [3.8, 4) is 0 Å². The second kappa shape index (κ2) is 7.55. The zero-order valence-corrected chi connectivity index (χ0v) is 18.0. The van der Waals surface area contributed by atoms with E-state index in [1.807, 2.05) is 27.0 Å². The monoisotopic (exact) mass is 392 g/mol. The van der Waals surface area contributed by atoms with Crippen LogP contribution >= 0.6 is 0 Å². The molecule has 27 heavy (non-hydrogen) atoms. The SMILES string of the molecule is Cc1cc(C(=O)N(C)C(C)C2CC2)cc(S(=O)(=O)N2CCC(C)CC2)c1C. The van der Waals surface area contributed by atoms with E-state index in [0.29, 0.717) is 30.5 Å². The molecule has 150 valence electrons. The Morgan fingerprint density at radius 1 is 1.15 bits per heavy atom. The minimum atomic E-state index is -3.58. The lowest BCUT2D eigenvalue weighted by molar-refractivity contribution is 0.0727. The van der Waals surface area contributed by atoms with Crippen molar-refractivity contribution in [2.45, 2.75) is 64.3 Å². The summed E-state index contributed by atoms with van der Waals surface area (Å²) in [6.07, 6.45) is 4.10. The molecule has 2 aliphatic rings. The highest BCUT2D eigenvalue weighted by Crippen LogP contribution is 2.35. The summed E-state index contributed by atoms with van der Waals surface area (Å²) in [5.41, 5.74) is 2.05. The Kier molecular flexibility index (Phi) is 5.69. The second-order valence-electron chi connectivity index (χ2n) is 8.50. The molecule has 1 heterocycles. The Balaban J connectivity index is 1.93. The van der Waals surface area contributed by atoms with Crippen LogP contribution in [0.25, 0.3) is 0 Å². The quantitative estimate of drug-likeness (QED) is 0.769. The van der Waals surface area contributed by atoms with E-state index < -0.39 is 10.0 Å². The predicted molar refractivity (Wildman–Crippen MR) is 107 cm³/mol. The molecule has 0 aromatic heterocycles. The van der Waals surface area contributed by atoms with Crippen LogP contribution in [0.4, 0.5) is 0 Å². The highest BCUT2D eigenvalue weighted by atomic mass is 32.2. The van der Waals surface area contributed by atoms with Crippen molar-refractivity contribution in [2.75, 3.05) is 20.1 Å². The van der Waals surface area contributed by atoms with E-state index in [1.165, 1.54) is 12.8 Å². The van der Waals surface area contributed by atoms with Crippen molar-refractivity contribution in [3.05, 3.63) is 28.8 Å². The molecule has 0 radical (unpaired) electrons. The summed E-state index contributed by atoms with van der Waals surface area (Å²) in [7, 11) is -1.76. The van der Waals surface area contributed by atoms with Crippen LogP contribution in [-0.4, -0.2) is 49.7 Å². The van der Waals surface area contributed by atoms with E-state index in [-0.39, 0.29) is 16.8 Å². The summed E-state index contributed by atoms with van der Waals surface area (Å²) in [6, 6.07) is 3.60. The molecular weight excluding hydrogens is 360 g/mol. The van der Waals surface area contributed by atoms with Gasteiger partial charge in [-0.2, -0.15) is 4.31 Å². The van der Waals surface area contributed by atoms with E-state index in [9.17, 15) is 13.2 Å². The fourth-order valence-corrected chi connectivity index (χ4v) is 5.66. The maximum atomic E-state index is 13.3. The summed E-state index contributed by atoms with van der Waals surface area (Å²) in [4.78, 5) is 15.0. The molecule has 3 rings (SSSR count). The number of carbonyl (C=O) groups is 1. The molecule has 5 nitrogen and oxygen atoms in total. The first kappa shape index (κ1) is 20.3. The summed E-state index contributed by atoms with van der Waals surface area (Å²) >= 11 is 0.